The smallest absolute Gasteiger partial charge is 0.232 e. The van der Waals surface area contributed by atoms with Crippen LogP contribution in [0.15, 0.2) is 47.0 Å². The van der Waals surface area contributed by atoms with Gasteiger partial charge in [0.05, 0.1) is 5.39 Å². The van der Waals surface area contributed by atoms with Crippen LogP contribution in [-0.2, 0) is 0 Å². The normalized spacial score (nSPS) is 14.4. The molecule has 0 atom stereocenters. The molecule has 5 aromatic rings. The number of rotatable bonds is 5. The van der Waals surface area contributed by atoms with Gasteiger partial charge in [-0.3, -0.25) is 0 Å². The van der Waals surface area contributed by atoms with Crippen LogP contribution in [0.5, 0.6) is 5.88 Å². The second-order valence-electron chi connectivity index (χ2n) is 8.58. The minimum absolute atomic E-state index is 0.172. The molecule has 0 unspecified atom stereocenters. The van der Waals surface area contributed by atoms with Crippen LogP contribution in [0.25, 0.3) is 33.3 Å². The fourth-order valence-electron chi connectivity index (χ4n) is 4.51. The molecule has 1 radical (unpaired) electrons. The summed E-state index contributed by atoms with van der Waals surface area (Å²) in [5.74, 6) is 1.75. The first kappa shape index (κ1) is 19.8. The summed E-state index contributed by atoms with van der Waals surface area (Å²) in [5.41, 5.74) is 6.32. The van der Waals surface area contributed by atoms with Crippen LogP contribution in [0.3, 0.4) is 0 Å². The number of aromatic nitrogens is 4. The van der Waals surface area contributed by atoms with Crippen LogP contribution in [0, 0.1) is 19.9 Å². The molecule has 3 aromatic heterocycles. The van der Waals surface area contributed by atoms with Gasteiger partial charge in [0.1, 0.15) is 17.3 Å². The monoisotopic (exact) mass is 438 g/mol. The predicted octanol–water partition coefficient (Wildman–Crippen LogP) is 6.25. The molecule has 0 spiro atoms. The van der Waals surface area contributed by atoms with Gasteiger partial charge < -0.3 is 19.5 Å². The van der Waals surface area contributed by atoms with Gasteiger partial charge in [-0.05, 0) is 74.1 Å². The van der Waals surface area contributed by atoms with Crippen molar-refractivity contribution in [3.63, 3.8) is 0 Å². The second kappa shape index (κ2) is 7.92. The van der Waals surface area contributed by atoms with Gasteiger partial charge in [0, 0.05) is 24.4 Å². The molecule has 0 amide bonds. The summed E-state index contributed by atoms with van der Waals surface area (Å²) in [6.45, 7) is 3.88. The van der Waals surface area contributed by atoms with Gasteiger partial charge in [-0.1, -0.05) is 12.1 Å². The van der Waals surface area contributed by atoms with Crippen LogP contribution in [0.4, 0.5) is 11.6 Å². The highest BCUT2D eigenvalue weighted by Crippen LogP contribution is 2.37. The number of fused-ring (bicyclic) bond motifs is 2. The number of aryl methyl sites for hydroxylation is 2. The summed E-state index contributed by atoms with van der Waals surface area (Å²) in [6.07, 6.45) is 6.59. The number of aromatic amines is 1. The lowest BCUT2D eigenvalue weighted by molar-refractivity contribution is 0.204. The van der Waals surface area contributed by atoms with E-state index in [9.17, 15) is 0 Å². The minimum atomic E-state index is 0.172. The van der Waals surface area contributed by atoms with E-state index >= 15 is 0 Å². The molecule has 1 saturated carbocycles. The van der Waals surface area contributed by atoms with Crippen molar-refractivity contribution in [1.29, 1.82) is 0 Å². The maximum atomic E-state index is 6.46. The molecule has 0 saturated heterocycles. The number of anilines is 2. The number of benzene rings is 2. The Morgan fingerprint density at radius 2 is 2.00 bits per heavy atom. The quantitative estimate of drug-likeness (QED) is 0.337. The largest absolute Gasteiger partial charge is 0.474 e. The summed E-state index contributed by atoms with van der Waals surface area (Å²) in [4.78, 5) is 17.3. The van der Waals surface area contributed by atoms with E-state index in [1.807, 2.05) is 56.4 Å². The molecule has 2 N–H and O–H groups in total. The molecule has 33 heavy (non-hydrogen) atoms. The Labute approximate surface area is 191 Å². The van der Waals surface area contributed by atoms with Crippen molar-refractivity contribution < 1.29 is 9.15 Å². The van der Waals surface area contributed by atoms with Gasteiger partial charge in [-0.2, -0.15) is 9.97 Å². The van der Waals surface area contributed by atoms with Gasteiger partial charge in [0.2, 0.25) is 11.8 Å². The SMILES string of the molecule is Cc1nc2ccc(-c3c[nH]c4nc(Nc5cc[c]cc5C)nc(OC5CCCC5)c34)cc2o1. The fraction of sp³-hybridized carbons (Fsp3) is 0.269. The van der Waals surface area contributed by atoms with E-state index in [4.69, 9.17) is 19.1 Å². The Morgan fingerprint density at radius 3 is 2.85 bits per heavy atom. The second-order valence-corrected chi connectivity index (χ2v) is 8.58. The Hall–Kier alpha value is -3.87. The topological polar surface area (TPSA) is 88.9 Å². The Kier molecular flexibility index (Phi) is 4.75. The number of oxazole rings is 1. The zero-order valence-electron chi connectivity index (χ0n) is 18.6. The highest BCUT2D eigenvalue weighted by atomic mass is 16.5. The van der Waals surface area contributed by atoms with Crippen molar-refractivity contribution in [1.82, 2.24) is 19.9 Å². The van der Waals surface area contributed by atoms with Crippen LogP contribution < -0.4 is 10.1 Å². The fourth-order valence-corrected chi connectivity index (χ4v) is 4.51. The van der Waals surface area contributed by atoms with E-state index in [1.165, 1.54) is 12.8 Å². The van der Waals surface area contributed by atoms with Gasteiger partial charge >= 0.3 is 0 Å². The number of H-pyrrole nitrogens is 1. The first-order chi connectivity index (χ1) is 16.1. The average molecular weight is 439 g/mol. The van der Waals surface area contributed by atoms with E-state index in [2.05, 4.69) is 21.4 Å². The number of nitrogens with one attached hydrogen (secondary N) is 2. The summed E-state index contributed by atoms with van der Waals surface area (Å²) < 4.78 is 12.2. The summed E-state index contributed by atoms with van der Waals surface area (Å²) in [6, 6.07) is 14.9. The number of hydrogen-bond acceptors (Lipinski definition) is 6. The number of ether oxygens (including phenoxy) is 1. The zero-order valence-corrected chi connectivity index (χ0v) is 18.6. The highest BCUT2D eigenvalue weighted by Gasteiger charge is 2.22. The van der Waals surface area contributed by atoms with Crippen molar-refractivity contribution in [2.75, 3.05) is 5.32 Å². The molecular formula is C26H24N5O2. The van der Waals surface area contributed by atoms with Crippen LogP contribution in [0.1, 0.15) is 37.1 Å². The third-order valence-electron chi connectivity index (χ3n) is 6.20. The molecule has 165 valence electrons. The molecule has 2 aromatic carbocycles. The van der Waals surface area contributed by atoms with Crippen molar-refractivity contribution in [3.05, 3.63) is 60.1 Å². The molecule has 7 nitrogen and oxygen atoms in total. The number of hydrogen-bond donors (Lipinski definition) is 2. The van der Waals surface area contributed by atoms with Gasteiger partial charge in [-0.25, -0.2) is 4.98 Å². The molecule has 0 bridgehead atoms. The first-order valence-electron chi connectivity index (χ1n) is 11.3. The Bertz CT molecular complexity index is 1460. The Morgan fingerprint density at radius 1 is 1.12 bits per heavy atom. The summed E-state index contributed by atoms with van der Waals surface area (Å²) in [5, 5.41) is 4.22. The predicted molar refractivity (Wildman–Crippen MR) is 128 cm³/mol. The lowest BCUT2D eigenvalue weighted by atomic mass is 10.1. The van der Waals surface area contributed by atoms with Crippen LogP contribution in [0.2, 0.25) is 0 Å². The van der Waals surface area contributed by atoms with Gasteiger partial charge in [0.25, 0.3) is 0 Å². The zero-order chi connectivity index (χ0) is 22.4. The van der Waals surface area contributed by atoms with Crippen molar-refractivity contribution in [3.8, 4) is 17.0 Å². The highest BCUT2D eigenvalue weighted by molar-refractivity contribution is 5.99. The molecule has 3 heterocycles. The maximum absolute atomic E-state index is 6.46. The summed E-state index contributed by atoms with van der Waals surface area (Å²) in [7, 11) is 0. The van der Waals surface area contributed by atoms with Crippen LogP contribution >= 0.6 is 0 Å². The molecule has 6 rings (SSSR count). The van der Waals surface area contributed by atoms with E-state index in [0.717, 1.165) is 57.4 Å². The third kappa shape index (κ3) is 3.69. The summed E-state index contributed by atoms with van der Waals surface area (Å²) >= 11 is 0. The van der Waals surface area contributed by atoms with E-state index in [0.29, 0.717) is 17.7 Å². The number of nitrogens with zero attached hydrogens (tertiary/aromatic N) is 3. The third-order valence-corrected chi connectivity index (χ3v) is 6.20. The average Bonchev–Trinajstić information content (AvgIpc) is 3.54. The maximum Gasteiger partial charge on any atom is 0.232 e. The molecule has 1 fully saturated rings. The minimum Gasteiger partial charge on any atom is -0.474 e. The standard InChI is InChI=1S/C26H24N5O2/c1-15-7-3-6-10-20(15)29-26-30-24-23(25(31-26)33-18-8-4-5-9-18)19(14-27-24)17-11-12-21-22(13-17)32-16(2)28-21/h6-7,10-14,18H,4-5,8-9H2,1-2H3,(H2,27,29,30,31). The van der Waals surface area contributed by atoms with Crippen molar-refractivity contribution in [2.24, 2.45) is 0 Å². The molecule has 1 aliphatic rings. The van der Waals surface area contributed by atoms with E-state index in [-0.39, 0.29) is 6.10 Å². The molecule has 7 heteroatoms. The van der Waals surface area contributed by atoms with Crippen LogP contribution in [-0.4, -0.2) is 26.0 Å². The van der Waals surface area contributed by atoms with Gasteiger partial charge in [0.15, 0.2) is 11.5 Å². The van der Waals surface area contributed by atoms with E-state index < -0.39 is 0 Å². The van der Waals surface area contributed by atoms with Gasteiger partial charge in [-0.15, -0.1) is 0 Å². The Balaban J connectivity index is 1.47. The molecular weight excluding hydrogens is 414 g/mol. The lowest BCUT2D eigenvalue weighted by Crippen LogP contribution is -2.13. The van der Waals surface area contributed by atoms with Crippen molar-refractivity contribution in [2.45, 2.75) is 45.6 Å². The lowest BCUT2D eigenvalue weighted by Gasteiger charge is -2.15. The van der Waals surface area contributed by atoms with E-state index in [1.54, 1.807) is 0 Å². The van der Waals surface area contributed by atoms with Crippen molar-refractivity contribution >= 4 is 33.8 Å². The first-order valence-corrected chi connectivity index (χ1v) is 11.3. The molecule has 1 aliphatic carbocycles. The molecule has 0 aliphatic heterocycles.